The molecule has 0 unspecified atom stereocenters. The Morgan fingerprint density at radius 2 is 1.64 bits per heavy atom. The second-order valence-corrected chi connectivity index (χ2v) is 8.46. The van der Waals surface area contributed by atoms with Gasteiger partial charge < -0.3 is 15.0 Å². The van der Waals surface area contributed by atoms with Crippen LogP contribution in [0.4, 0.5) is 0 Å². The van der Waals surface area contributed by atoms with Gasteiger partial charge in [-0.25, -0.2) is 0 Å². The van der Waals surface area contributed by atoms with Gasteiger partial charge in [-0.15, -0.1) is 0 Å². The number of carbonyl (C=O) groups excluding carboxylic acids is 2. The Morgan fingerprint density at radius 3 is 2.36 bits per heavy atom. The molecule has 0 saturated carbocycles. The molecule has 0 bridgehead atoms. The van der Waals surface area contributed by atoms with Crippen molar-refractivity contribution in [3.8, 4) is 5.75 Å². The normalized spacial score (nSPS) is 12.7. The first-order chi connectivity index (χ1) is 15.9. The maximum Gasteiger partial charge on any atom is 0.261 e. The van der Waals surface area contributed by atoms with E-state index < -0.39 is 6.04 Å². The van der Waals surface area contributed by atoms with Gasteiger partial charge in [0.05, 0.1) is 0 Å². The molecule has 0 aliphatic rings. The first kappa shape index (κ1) is 24.3. The first-order valence-corrected chi connectivity index (χ1v) is 11.7. The average Bonchev–Trinajstić information content (AvgIpc) is 2.83. The first-order valence-electron chi connectivity index (χ1n) is 11.7. The lowest BCUT2D eigenvalue weighted by atomic mass is 10.1. The number of nitrogens with zero attached hydrogens (tertiary/aromatic N) is 1. The van der Waals surface area contributed by atoms with Gasteiger partial charge in [-0.3, -0.25) is 9.59 Å². The molecule has 0 fully saturated rings. The number of fused-ring (bicyclic) bond motifs is 1. The van der Waals surface area contributed by atoms with E-state index in [9.17, 15) is 9.59 Å². The zero-order chi connectivity index (χ0) is 23.8. The third-order valence-corrected chi connectivity index (χ3v) is 6.09. The highest BCUT2D eigenvalue weighted by Gasteiger charge is 2.29. The number of hydrogen-bond donors (Lipinski definition) is 1. The van der Waals surface area contributed by atoms with E-state index in [4.69, 9.17) is 4.74 Å². The van der Waals surface area contributed by atoms with Gasteiger partial charge in [-0.05, 0) is 49.3 Å². The summed E-state index contributed by atoms with van der Waals surface area (Å²) in [6.07, 6.45) is 1.35. The van der Waals surface area contributed by atoms with Crippen molar-refractivity contribution in [1.29, 1.82) is 0 Å². The van der Waals surface area contributed by atoms with E-state index >= 15 is 0 Å². The summed E-state index contributed by atoms with van der Waals surface area (Å²) in [5.74, 6) is 0.325. The maximum atomic E-state index is 13.4. The quantitative estimate of drug-likeness (QED) is 0.463. The summed E-state index contributed by atoms with van der Waals surface area (Å²) in [7, 11) is 0. The van der Waals surface area contributed by atoms with Crippen molar-refractivity contribution in [2.75, 3.05) is 6.61 Å². The number of ether oxygens (including phenoxy) is 1. The highest BCUT2D eigenvalue weighted by Crippen LogP contribution is 2.25. The molecule has 3 aromatic carbocycles. The van der Waals surface area contributed by atoms with Gasteiger partial charge in [0.1, 0.15) is 11.8 Å². The SMILES string of the molecule is CC[C@@H](C)NC(=O)[C@H](CC)N(Cc1ccccc1C)C(=O)COc1cccc2ccccc12. The lowest BCUT2D eigenvalue weighted by molar-refractivity contribution is -0.143. The van der Waals surface area contributed by atoms with Crippen molar-refractivity contribution >= 4 is 22.6 Å². The molecule has 0 aliphatic carbocycles. The lowest BCUT2D eigenvalue weighted by Gasteiger charge is -2.31. The minimum Gasteiger partial charge on any atom is -0.483 e. The van der Waals surface area contributed by atoms with E-state index in [0.717, 1.165) is 28.3 Å². The molecular formula is C28H34N2O3. The number of benzene rings is 3. The summed E-state index contributed by atoms with van der Waals surface area (Å²) < 4.78 is 5.98. The van der Waals surface area contributed by atoms with Gasteiger partial charge in [-0.1, -0.05) is 74.5 Å². The third-order valence-electron chi connectivity index (χ3n) is 6.09. The number of carbonyl (C=O) groups is 2. The summed E-state index contributed by atoms with van der Waals surface area (Å²) >= 11 is 0. The minimum absolute atomic E-state index is 0.0499. The maximum absolute atomic E-state index is 13.4. The molecular weight excluding hydrogens is 412 g/mol. The summed E-state index contributed by atoms with van der Waals surface area (Å²) in [5, 5.41) is 5.05. The Balaban J connectivity index is 1.84. The molecule has 5 nitrogen and oxygen atoms in total. The van der Waals surface area contributed by atoms with Crippen molar-refractivity contribution < 1.29 is 14.3 Å². The highest BCUT2D eigenvalue weighted by molar-refractivity contribution is 5.90. The van der Waals surface area contributed by atoms with Crippen molar-refractivity contribution in [3.63, 3.8) is 0 Å². The van der Waals surface area contributed by atoms with E-state index in [-0.39, 0.29) is 24.5 Å². The highest BCUT2D eigenvalue weighted by atomic mass is 16.5. The van der Waals surface area contributed by atoms with Crippen molar-refractivity contribution in [2.24, 2.45) is 0 Å². The van der Waals surface area contributed by atoms with Gasteiger partial charge in [0.2, 0.25) is 5.91 Å². The molecule has 33 heavy (non-hydrogen) atoms. The van der Waals surface area contributed by atoms with Gasteiger partial charge in [0.15, 0.2) is 6.61 Å². The van der Waals surface area contributed by atoms with E-state index in [1.165, 1.54) is 0 Å². The Bertz CT molecular complexity index is 1090. The van der Waals surface area contributed by atoms with Crippen molar-refractivity contribution in [3.05, 3.63) is 77.9 Å². The zero-order valence-electron chi connectivity index (χ0n) is 20.0. The number of amides is 2. The number of hydrogen-bond acceptors (Lipinski definition) is 3. The van der Waals surface area contributed by atoms with Crippen molar-refractivity contribution in [1.82, 2.24) is 10.2 Å². The van der Waals surface area contributed by atoms with Crippen LogP contribution in [0.3, 0.4) is 0 Å². The van der Waals surface area contributed by atoms with Gasteiger partial charge in [0, 0.05) is 18.0 Å². The number of rotatable bonds is 10. The summed E-state index contributed by atoms with van der Waals surface area (Å²) in [5.41, 5.74) is 2.10. The number of aryl methyl sites for hydroxylation is 1. The molecule has 0 aliphatic heterocycles. The average molecular weight is 447 g/mol. The van der Waals surface area contributed by atoms with Crippen LogP contribution in [0.15, 0.2) is 66.7 Å². The fraction of sp³-hybridized carbons (Fsp3) is 0.357. The Morgan fingerprint density at radius 1 is 0.939 bits per heavy atom. The topological polar surface area (TPSA) is 58.6 Å². The molecule has 0 spiro atoms. The fourth-order valence-electron chi connectivity index (χ4n) is 3.88. The summed E-state index contributed by atoms with van der Waals surface area (Å²) in [6.45, 7) is 8.18. The van der Waals surface area contributed by atoms with Crippen LogP contribution in [0.1, 0.15) is 44.7 Å². The third kappa shape index (κ3) is 6.13. The molecule has 0 aromatic heterocycles. The molecule has 2 atom stereocenters. The van der Waals surface area contributed by atoms with Gasteiger partial charge >= 0.3 is 0 Å². The van der Waals surface area contributed by atoms with Crippen molar-refractivity contribution in [2.45, 2.75) is 59.2 Å². The van der Waals surface area contributed by atoms with Gasteiger partial charge in [-0.2, -0.15) is 0 Å². The summed E-state index contributed by atoms with van der Waals surface area (Å²) in [4.78, 5) is 28.2. The molecule has 0 heterocycles. The summed E-state index contributed by atoms with van der Waals surface area (Å²) in [6, 6.07) is 21.2. The molecule has 5 heteroatoms. The van der Waals surface area contributed by atoms with E-state index in [1.54, 1.807) is 4.90 Å². The Hall–Kier alpha value is -3.34. The predicted octanol–water partition coefficient (Wildman–Crippen LogP) is 5.25. The van der Waals surface area contributed by atoms with Crippen LogP contribution >= 0.6 is 0 Å². The molecule has 174 valence electrons. The molecule has 0 saturated heterocycles. The second kappa shape index (κ2) is 11.5. The van der Waals surface area contributed by atoms with Gasteiger partial charge in [0.25, 0.3) is 5.91 Å². The second-order valence-electron chi connectivity index (χ2n) is 8.46. The Labute approximate surface area is 196 Å². The predicted molar refractivity (Wildman–Crippen MR) is 133 cm³/mol. The number of nitrogens with one attached hydrogen (secondary N) is 1. The molecule has 3 rings (SSSR count). The molecule has 0 radical (unpaired) electrons. The van der Waals surface area contributed by atoms with E-state index in [1.807, 2.05) is 94.4 Å². The van der Waals surface area contributed by atoms with Crippen LogP contribution in [0, 0.1) is 6.92 Å². The minimum atomic E-state index is -0.567. The Kier molecular flexibility index (Phi) is 8.47. The van der Waals surface area contributed by atoms with Crippen LogP contribution in [0.5, 0.6) is 5.75 Å². The fourth-order valence-corrected chi connectivity index (χ4v) is 3.88. The zero-order valence-corrected chi connectivity index (χ0v) is 20.0. The van der Waals surface area contributed by atoms with Crippen LogP contribution in [0.2, 0.25) is 0 Å². The van der Waals surface area contributed by atoms with Crippen LogP contribution in [-0.2, 0) is 16.1 Å². The van der Waals surface area contributed by atoms with Crippen LogP contribution in [0.25, 0.3) is 10.8 Å². The van der Waals surface area contributed by atoms with E-state index in [2.05, 4.69) is 5.32 Å². The van der Waals surface area contributed by atoms with Crippen LogP contribution < -0.4 is 10.1 Å². The van der Waals surface area contributed by atoms with Crippen LogP contribution in [-0.4, -0.2) is 35.4 Å². The standard InChI is InChI=1S/C28H34N2O3/c1-5-21(4)29-28(32)25(6-2)30(18-23-14-8-7-12-20(23)3)27(31)19-33-26-17-11-15-22-13-9-10-16-24(22)26/h7-17,21,25H,5-6,18-19H2,1-4H3,(H,29,32)/t21-,25+/m1/s1. The lowest BCUT2D eigenvalue weighted by Crippen LogP contribution is -2.51. The molecule has 3 aromatic rings. The molecule has 1 N–H and O–H groups in total. The largest absolute Gasteiger partial charge is 0.483 e. The van der Waals surface area contributed by atoms with E-state index in [0.29, 0.717) is 18.7 Å². The smallest absolute Gasteiger partial charge is 0.261 e. The molecule has 2 amide bonds. The monoisotopic (exact) mass is 446 g/mol.